The van der Waals surface area contributed by atoms with Gasteiger partial charge in [-0.15, -0.1) is 0 Å². The molecule has 4 rings (SSSR count). The molecule has 1 aliphatic rings. The van der Waals surface area contributed by atoms with Crippen LogP contribution in [-0.2, 0) is 4.79 Å². The fourth-order valence-corrected chi connectivity index (χ4v) is 3.22. The fourth-order valence-electron chi connectivity index (χ4n) is 3.22. The number of aromatic nitrogens is 2. The van der Waals surface area contributed by atoms with Gasteiger partial charge in [-0.2, -0.15) is 0 Å². The zero-order valence-corrected chi connectivity index (χ0v) is 13.9. The van der Waals surface area contributed by atoms with Crippen molar-refractivity contribution in [3.05, 3.63) is 53.6 Å². The van der Waals surface area contributed by atoms with E-state index in [0.717, 1.165) is 22.3 Å². The highest BCUT2D eigenvalue weighted by Crippen LogP contribution is 2.34. The summed E-state index contributed by atoms with van der Waals surface area (Å²) in [6.45, 7) is 3.75. The number of anilines is 1. The van der Waals surface area contributed by atoms with Crippen LogP contribution in [0.2, 0.25) is 0 Å². The molecule has 25 heavy (non-hydrogen) atoms. The Bertz CT molecular complexity index is 972. The molecule has 4 nitrogen and oxygen atoms in total. The fraction of sp³-hybridized carbons (Fsp3) is 0.263. The Kier molecular flexibility index (Phi) is 3.56. The molecule has 0 saturated heterocycles. The Morgan fingerprint density at radius 2 is 1.92 bits per heavy atom. The van der Waals surface area contributed by atoms with Gasteiger partial charge in [0.1, 0.15) is 17.6 Å². The number of carbonyl (C=O) groups is 1. The van der Waals surface area contributed by atoms with E-state index in [0.29, 0.717) is 11.5 Å². The van der Waals surface area contributed by atoms with E-state index in [4.69, 9.17) is 0 Å². The number of nitrogens with zero attached hydrogens (tertiary/aromatic N) is 2. The number of carbonyl (C=O) groups excluding carboxylic acids is 1. The molecule has 2 heterocycles. The van der Waals surface area contributed by atoms with E-state index < -0.39 is 12.1 Å². The van der Waals surface area contributed by atoms with E-state index in [-0.39, 0.29) is 18.1 Å². The first-order valence-electron chi connectivity index (χ1n) is 8.13. The minimum atomic E-state index is -1.03. The van der Waals surface area contributed by atoms with Gasteiger partial charge in [-0.05, 0) is 66.8 Å². The topological polar surface area (TPSA) is 46.4 Å². The zero-order chi connectivity index (χ0) is 17.7. The molecule has 1 N–H and O–H groups in total. The summed E-state index contributed by atoms with van der Waals surface area (Å²) < 4.78 is 28.3. The second-order valence-corrected chi connectivity index (χ2v) is 6.57. The van der Waals surface area contributed by atoms with Gasteiger partial charge >= 0.3 is 0 Å². The van der Waals surface area contributed by atoms with Crippen LogP contribution >= 0.6 is 0 Å². The third-order valence-corrected chi connectivity index (χ3v) is 4.54. The van der Waals surface area contributed by atoms with Gasteiger partial charge in [0.25, 0.3) is 0 Å². The lowest BCUT2D eigenvalue weighted by atomic mass is 9.97. The number of halogens is 2. The molecule has 1 amide bonds. The van der Waals surface area contributed by atoms with Crippen LogP contribution in [0.15, 0.2) is 36.7 Å². The summed E-state index contributed by atoms with van der Waals surface area (Å²) in [6.07, 6.45) is 2.83. The van der Waals surface area contributed by atoms with Crippen LogP contribution in [0, 0.1) is 25.6 Å². The smallest absolute Gasteiger partial charge is 0.231 e. The SMILES string of the molecule is Cc1cc(F)cc(C)c1-c1ccc2nc(NC(=O)C3CC3F)cn2c1. The number of aryl methyl sites for hydroxylation is 2. The number of hydrogen-bond donors (Lipinski definition) is 1. The molecule has 1 aromatic carbocycles. The normalized spacial score (nSPS) is 19.2. The molecular weight excluding hydrogens is 324 g/mol. The first-order chi connectivity index (χ1) is 11.9. The molecule has 0 aliphatic heterocycles. The monoisotopic (exact) mass is 341 g/mol. The van der Waals surface area contributed by atoms with Crippen molar-refractivity contribution >= 4 is 17.4 Å². The number of benzene rings is 1. The van der Waals surface area contributed by atoms with Crippen molar-refractivity contribution in [1.82, 2.24) is 9.38 Å². The largest absolute Gasteiger partial charge is 0.309 e. The summed E-state index contributed by atoms with van der Waals surface area (Å²) in [6, 6.07) is 6.77. The third-order valence-electron chi connectivity index (χ3n) is 4.54. The van der Waals surface area contributed by atoms with E-state index in [2.05, 4.69) is 10.3 Å². The molecule has 2 atom stereocenters. The minimum absolute atomic E-state index is 0.251. The van der Waals surface area contributed by atoms with Crippen LogP contribution in [-0.4, -0.2) is 21.5 Å². The van der Waals surface area contributed by atoms with Crippen LogP contribution in [0.5, 0.6) is 0 Å². The number of nitrogens with one attached hydrogen (secondary N) is 1. The van der Waals surface area contributed by atoms with Crippen molar-refractivity contribution in [2.45, 2.75) is 26.4 Å². The summed E-state index contributed by atoms with van der Waals surface area (Å²) in [5.41, 5.74) is 4.29. The average Bonchev–Trinajstić information content (AvgIpc) is 3.13. The maximum atomic E-state index is 13.5. The lowest BCUT2D eigenvalue weighted by molar-refractivity contribution is -0.117. The number of rotatable bonds is 3. The highest BCUT2D eigenvalue weighted by molar-refractivity contribution is 5.94. The summed E-state index contributed by atoms with van der Waals surface area (Å²) in [5, 5.41) is 2.65. The van der Waals surface area contributed by atoms with Gasteiger partial charge in [0.15, 0.2) is 5.82 Å². The summed E-state index contributed by atoms with van der Waals surface area (Å²) in [5.74, 6) is -0.737. The molecule has 1 aliphatic carbocycles. The third kappa shape index (κ3) is 2.88. The highest BCUT2D eigenvalue weighted by Gasteiger charge is 2.43. The molecule has 0 bridgehead atoms. The highest BCUT2D eigenvalue weighted by atomic mass is 19.1. The van der Waals surface area contributed by atoms with Gasteiger partial charge in [-0.3, -0.25) is 4.79 Å². The lowest BCUT2D eigenvalue weighted by Crippen LogP contribution is -2.15. The van der Waals surface area contributed by atoms with E-state index in [9.17, 15) is 13.6 Å². The predicted octanol–water partition coefficient (Wildman–Crippen LogP) is 4.05. The van der Waals surface area contributed by atoms with Crippen LogP contribution in [0.25, 0.3) is 16.8 Å². The number of alkyl halides is 1. The number of fused-ring (bicyclic) bond motifs is 1. The van der Waals surface area contributed by atoms with Crippen molar-refractivity contribution in [2.24, 2.45) is 5.92 Å². The Hall–Kier alpha value is -2.76. The lowest BCUT2D eigenvalue weighted by Gasteiger charge is -2.10. The quantitative estimate of drug-likeness (QED) is 0.781. The molecular formula is C19H17F2N3O. The van der Waals surface area contributed by atoms with Crippen molar-refractivity contribution in [2.75, 3.05) is 5.32 Å². The van der Waals surface area contributed by atoms with Gasteiger partial charge in [0.05, 0.1) is 12.1 Å². The molecule has 3 aromatic rings. The molecule has 128 valence electrons. The minimum Gasteiger partial charge on any atom is -0.309 e. The summed E-state index contributed by atoms with van der Waals surface area (Å²) >= 11 is 0. The molecule has 1 saturated carbocycles. The van der Waals surface area contributed by atoms with Crippen LogP contribution in [0.3, 0.4) is 0 Å². The van der Waals surface area contributed by atoms with Gasteiger partial charge < -0.3 is 9.72 Å². The Morgan fingerprint density at radius 3 is 2.56 bits per heavy atom. The van der Waals surface area contributed by atoms with E-state index in [1.54, 1.807) is 10.6 Å². The Balaban J connectivity index is 1.68. The van der Waals surface area contributed by atoms with E-state index in [1.165, 1.54) is 12.1 Å². The second-order valence-electron chi connectivity index (χ2n) is 6.57. The second kappa shape index (κ2) is 5.65. The summed E-state index contributed by atoms with van der Waals surface area (Å²) in [7, 11) is 0. The van der Waals surface area contributed by atoms with Gasteiger partial charge in [-0.1, -0.05) is 0 Å². The Morgan fingerprint density at radius 1 is 1.24 bits per heavy atom. The van der Waals surface area contributed by atoms with Crippen molar-refractivity contribution in [3.8, 4) is 11.1 Å². The van der Waals surface area contributed by atoms with Crippen molar-refractivity contribution < 1.29 is 13.6 Å². The van der Waals surface area contributed by atoms with Crippen molar-refractivity contribution in [1.29, 1.82) is 0 Å². The van der Waals surface area contributed by atoms with Crippen LogP contribution in [0.4, 0.5) is 14.6 Å². The van der Waals surface area contributed by atoms with Gasteiger partial charge in [0.2, 0.25) is 5.91 Å². The van der Waals surface area contributed by atoms with Crippen LogP contribution in [0.1, 0.15) is 17.5 Å². The van der Waals surface area contributed by atoms with E-state index in [1.807, 2.05) is 32.2 Å². The molecule has 2 unspecified atom stereocenters. The number of imidazole rings is 1. The van der Waals surface area contributed by atoms with Crippen molar-refractivity contribution in [3.63, 3.8) is 0 Å². The average molecular weight is 341 g/mol. The first kappa shape index (κ1) is 15.7. The molecule has 6 heteroatoms. The predicted molar refractivity (Wildman–Crippen MR) is 91.7 cm³/mol. The number of amides is 1. The van der Waals surface area contributed by atoms with E-state index >= 15 is 0 Å². The first-order valence-corrected chi connectivity index (χ1v) is 8.13. The van der Waals surface area contributed by atoms with Gasteiger partial charge in [-0.25, -0.2) is 13.8 Å². The van der Waals surface area contributed by atoms with Gasteiger partial charge in [0, 0.05) is 6.20 Å². The molecule has 0 spiro atoms. The molecule has 1 fully saturated rings. The summed E-state index contributed by atoms with van der Waals surface area (Å²) in [4.78, 5) is 16.2. The molecule has 0 radical (unpaired) electrons. The zero-order valence-electron chi connectivity index (χ0n) is 13.9. The maximum absolute atomic E-state index is 13.5. The number of hydrogen-bond acceptors (Lipinski definition) is 2. The molecule has 2 aromatic heterocycles. The van der Waals surface area contributed by atoms with Crippen LogP contribution < -0.4 is 5.32 Å². The Labute approximate surface area is 143 Å². The maximum Gasteiger partial charge on any atom is 0.231 e. The number of pyridine rings is 1. The standard InChI is InChI=1S/C19H17F2N3O/c1-10-5-13(20)6-11(2)18(10)12-3-4-17-22-16(9-24(17)8-12)23-19(25)14-7-15(14)21/h3-6,8-9,14-15H,7H2,1-2H3,(H,23,25).